The molecule has 0 unspecified atom stereocenters. The molecule has 0 aliphatic carbocycles. The molecule has 2 aromatic heterocycles. The number of rotatable bonds is 4. The van der Waals surface area contributed by atoms with Crippen molar-refractivity contribution >= 4 is 51.4 Å². The predicted octanol–water partition coefficient (Wildman–Crippen LogP) is 3.82. The Hall–Kier alpha value is -1.02. The van der Waals surface area contributed by atoms with Gasteiger partial charge in [-0.25, -0.2) is 4.98 Å². The first kappa shape index (κ1) is 14.9. The maximum atomic E-state index is 12.0. The standard InChI is InChI=1S/C13H10ClN3OS3/c1-19-13-16-17-11(18)6-9(15-12(17)21-13)7-20-10-4-2-8(14)3-5-10/h2-6H,7H2,1H3. The lowest BCUT2D eigenvalue weighted by atomic mass is 10.4. The molecule has 0 bridgehead atoms. The zero-order valence-electron chi connectivity index (χ0n) is 10.9. The molecule has 4 nitrogen and oxygen atoms in total. The molecule has 2 heterocycles. The topological polar surface area (TPSA) is 47.3 Å². The Morgan fingerprint density at radius 2 is 2.10 bits per heavy atom. The number of halogens is 1. The highest BCUT2D eigenvalue weighted by atomic mass is 35.5. The van der Waals surface area contributed by atoms with Crippen LogP contribution in [0.15, 0.2) is 44.4 Å². The highest BCUT2D eigenvalue weighted by Crippen LogP contribution is 2.25. The van der Waals surface area contributed by atoms with Gasteiger partial charge in [0.05, 0.1) is 5.69 Å². The van der Waals surface area contributed by atoms with Gasteiger partial charge < -0.3 is 0 Å². The van der Waals surface area contributed by atoms with Crippen molar-refractivity contribution in [2.45, 2.75) is 15.0 Å². The molecular formula is C13H10ClN3OS3. The maximum Gasteiger partial charge on any atom is 0.275 e. The van der Waals surface area contributed by atoms with E-state index in [0.29, 0.717) is 15.7 Å². The summed E-state index contributed by atoms with van der Waals surface area (Å²) < 4.78 is 2.19. The van der Waals surface area contributed by atoms with Crippen LogP contribution in [-0.4, -0.2) is 20.9 Å². The number of benzene rings is 1. The molecule has 0 saturated heterocycles. The highest BCUT2D eigenvalue weighted by Gasteiger charge is 2.08. The lowest BCUT2D eigenvalue weighted by Gasteiger charge is -2.01. The molecule has 0 radical (unpaired) electrons. The van der Waals surface area contributed by atoms with Crippen molar-refractivity contribution in [3.05, 3.63) is 51.4 Å². The van der Waals surface area contributed by atoms with Gasteiger partial charge >= 0.3 is 0 Å². The number of fused-ring (bicyclic) bond motifs is 1. The summed E-state index contributed by atoms with van der Waals surface area (Å²) in [5.74, 6) is 0.639. The predicted molar refractivity (Wildman–Crippen MR) is 89.9 cm³/mol. The van der Waals surface area contributed by atoms with Crippen molar-refractivity contribution in [1.82, 2.24) is 14.6 Å². The van der Waals surface area contributed by atoms with Gasteiger partial charge in [-0.2, -0.15) is 4.52 Å². The molecule has 0 N–H and O–H groups in total. The Morgan fingerprint density at radius 1 is 1.33 bits per heavy atom. The van der Waals surface area contributed by atoms with E-state index in [1.807, 2.05) is 30.5 Å². The fourth-order valence-corrected chi connectivity index (χ4v) is 3.98. The number of nitrogens with zero attached hydrogens (tertiary/aromatic N) is 3. The molecule has 0 saturated carbocycles. The highest BCUT2D eigenvalue weighted by molar-refractivity contribution is 8.00. The van der Waals surface area contributed by atoms with Crippen LogP contribution in [0.5, 0.6) is 0 Å². The molecule has 1 aromatic carbocycles. The van der Waals surface area contributed by atoms with Crippen molar-refractivity contribution in [2.24, 2.45) is 0 Å². The summed E-state index contributed by atoms with van der Waals surface area (Å²) in [6, 6.07) is 9.15. The average Bonchev–Trinajstić information content (AvgIpc) is 2.90. The number of aromatic nitrogens is 3. The van der Waals surface area contributed by atoms with Gasteiger partial charge in [0.2, 0.25) is 4.96 Å². The van der Waals surface area contributed by atoms with E-state index in [1.165, 1.54) is 27.6 Å². The first-order chi connectivity index (χ1) is 10.2. The van der Waals surface area contributed by atoms with E-state index in [1.54, 1.807) is 17.8 Å². The smallest absolute Gasteiger partial charge is 0.267 e. The van der Waals surface area contributed by atoms with Crippen LogP contribution in [-0.2, 0) is 5.75 Å². The Kier molecular flexibility index (Phi) is 4.54. The lowest BCUT2D eigenvalue weighted by molar-refractivity contribution is 0.850. The van der Waals surface area contributed by atoms with Gasteiger partial charge in [0, 0.05) is 21.7 Å². The van der Waals surface area contributed by atoms with Crippen LogP contribution < -0.4 is 5.56 Å². The molecule has 21 heavy (non-hydrogen) atoms. The molecule has 0 fully saturated rings. The van der Waals surface area contributed by atoms with Gasteiger partial charge in [0.15, 0.2) is 4.34 Å². The third-order valence-electron chi connectivity index (χ3n) is 2.65. The molecule has 0 spiro atoms. The van der Waals surface area contributed by atoms with Crippen LogP contribution in [0.4, 0.5) is 0 Å². The van der Waals surface area contributed by atoms with E-state index in [-0.39, 0.29) is 5.56 Å². The number of thioether (sulfide) groups is 2. The van der Waals surface area contributed by atoms with E-state index in [9.17, 15) is 4.79 Å². The van der Waals surface area contributed by atoms with Crippen LogP contribution >= 0.6 is 46.5 Å². The van der Waals surface area contributed by atoms with Crippen molar-refractivity contribution in [2.75, 3.05) is 6.26 Å². The molecule has 8 heteroatoms. The third-order valence-corrected chi connectivity index (χ3v) is 5.84. The quantitative estimate of drug-likeness (QED) is 0.666. The summed E-state index contributed by atoms with van der Waals surface area (Å²) in [5, 5.41) is 4.92. The van der Waals surface area contributed by atoms with Crippen LogP contribution in [0, 0.1) is 0 Å². The van der Waals surface area contributed by atoms with Crippen molar-refractivity contribution in [3.63, 3.8) is 0 Å². The second-order valence-corrected chi connectivity index (χ2v) is 7.59. The van der Waals surface area contributed by atoms with Crippen molar-refractivity contribution < 1.29 is 0 Å². The minimum Gasteiger partial charge on any atom is -0.267 e. The normalized spacial score (nSPS) is 11.1. The molecule has 0 atom stereocenters. The monoisotopic (exact) mass is 355 g/mol. The molecule has 0 aliphatic rings. The second kappa shape index (κ2) is 6.39. The lowest BCUT2D eigenvalue weighted by Crippen LogP contribution is -2.15. The minimum atomic E-state index is -0.136. The van der Waals surface area contributed by atoms with Gasteiger partial charge in [-0.1, -0.05) is 34.7 Å². The van der Waals surface area contributed by atoms with E-state index >= 15 is 0 Å². The minimum absolute atomic E-state index is 0.136. The van der Waals surface area contributed by atoms with Crippen LogP contribution in [0.3, 0.4) is 0 Å². The molecule has 108 valence electrons. The van der Waals surface area contributed by atoms with Crippen LogP contribution in [0.2, 0.25) is 5.02 Å². The van der Waals surface area contributed by atoms with Crippen molar-refractivity contribution in [1.29, 1.82) is 0 Å². The van der Waals surface area contributed by atoms with E-state index in [2.05, 4.69) is 10.1 Å². The fourth-order valence-electron chi connectivity index (χ4n) is 1.68. The molecule has 3 rings (SSSR count). The van der Waals surface area contributed by atoms with Crippen LogP contribution in [0.25, 0.3) is 4.96 Å². The van der Waals surface area contributed by atoms with Gasteiger partial charge in [-0.15, -0.1) is 16.9 Å². The Balaban J connectivity index is 1.83. The fraction of sp³-hybridized carbons (Fsp3) is 0.154. The number of hydrogen-bond acceptors (Lipinski definition) is 6. The molecule has 0 aliphatic heterocycles. The van der Waals surface area contributed by atoms with Gasteiger partial charge in [0.1, 0.15) is 0 Å². The molecular weight excluding hydrogens is 346 g/mol. The summed E-state index contributed by atoms with van der Waals surface area (Å²) in [6.07, 6.45) is 1.93. The zero-order chi connectivity index (χ0) is 14.8. The SMILES string of the molecule is CSc1nn2c(=O)cc(CSc3ccc(Cl)cc3)nc2s1. The van der Waals surface area contributed by atoms with Gasteiger partial charge in [-0.3, -0.25) is 4.79 Å². The first-order valence-electron chi connectivity index (χ1n) is 5.98. The van der Waals surface area contributed by atoms with Crippen molar-refractivity contribution in [3.8, 4) is 0 Å². The summed E-state index contributed by atoms with van der Waals surface area (Å²) in [5.41, 5.74) is 0.625. The van der Waals surface area contributed by atoms with Crippen LogP contribution in [0.1, 0.15) is 5.69 Å². The Labute approximate surface area is 138 Å². The summed E-state index contributed by atoms with van der Waals surface area (Å²) in [7, 11) is 0. The largest absolute Gasteiger partial charge is 0.275 e. The zero-order valence-corrected chi connectivity index (χ0v) is 14.2. The average molecular weight is 356 g/mol. The summed E-state index contributed by atoms with van der Waals surface area (Å²) >= 11 is 10.4. The second-order valence-electron chi connectivity index (χ2n) is 4.09. The number of hydrogen-bond donors (Lipinski definition) is 0. The Bertz CT molecular complexity index is 829. The maximum absolute atomic E-state index is 12.0. The summed E-state index contributed by atoms with van der Waals surface area (Å²) in [4.78, 5) is 18.2. The molecule has 3 aromatic rings. The molecule has 0 amide bonds. The van der Waals surface area contributed by atoms with Gasteiger partial charge in [-0.05, 0) is 30.5 Å². The van der Waals surface area contributed by atoms with E-state index < -0.39 is 0 Å². The van der Waals surface area contributed by atoms with Gasteiger partial charge in [0.25, 0.3) is 5.56 Å². The van der Waals surface area contributed by atoms with E-state index in [0.717, 1.165) is 14.9 Å². The first-order valence-corrected chi connectivity index (χ1v) is 9.38. The third kappa shape index (κ3) is 3.42. The van der Waals surface area contributed by atoms with E-state index in [4.69, 9.17) is 11.6 Å². The Morgan fingerprint density at radius 3 is 2.81 bits per heavy atom. The summed E-state index contributed by atoms with van der Waals surface area (Å²) in [6.45, 7) is 0.